The van der Waals surface area contributed by atoms with Gasteiger partial charge in [0.1, 0.15) is 0 Å². The zero-order chi connectivity index (χ0) is 26.2. The van der Waals surface area contributed by atoms with E-state index in [1.54, 1.807) is 24.0 Å². The molecule has 1 aromatic carbocycles. The van der Waals surface area contributed by atoms with Crippen LogP contribution < -0.4 is 0 Å². The van der Waals surface area contributed by atoms with Crippen LogP contribution in [0.1, 0.15) is 56.5 Å². The standard InChI is InChI=1S/C28H40N4O4/c1-19(2)26(33)31(18-22-8-9-23-17-24(22)28(23,4)5)15-12-29-10-13-30(14-11-29)27(34)21-7-6-20(3)25(16-21)32(35)36/h6-8,16,19,23-24H,9-15,17-18H2,1-5H3. The maximum atomic E-state index is 13.0. The Labute approximate surface area is 214 Å². The van der Waals surface area contributed by atoms with Gasteiger partial charge in [-0.25, -0.2) is 0 Å². The van der Waals surface area contributed by atoms with Crippen LogP contribution in [0.2, 0.25) is 0 Å². The van der Waals surface area contributed by atoms with Gasteiger partial charge >= 0.3 is 0 Å². The number of allylic oxidation sites excluding steroid dienone is 1. The summed E-state index contributed by atoms with van der Waals surface area (Å²) < 4.78 is 0. The molecule has 0 aromatic heterocycles. The maximum absolute atomic E-state index is 13.0. The summed E-state index contributed by atoms with van der Waals surface area (Å²) in [4.78, 5) is 42.9. The first-order valence-corrected chi connectivity index (χ1v) is 13.2. The lowest BCUT2D eigenvalue weighted by molar-refractivity contribution is -0.385. The quantitative estimate of drug-likeness (QED) is 0.307. The Kier molecular flexibility index (Phi) is 7.55. The van der Waals surface area contributed by atoms with Gasteiger partial charge in [0.15, 0.2) is 0 Å². The van der Waals surface area contributed by atoms with Crippen LogP contribution in [0.4, 0.5) is 5.69 Å². The molecule has 1 saturated heterocycles. The molecule has 2 bridgehead atoms. The molecule has 2 amide bonds. The summed E-state index contributed by atoms with van der Waals surface area (Å²) in [6.07, 6.45) is 4.76. The maximum Gasteiger partial charge on any atom is 0.273 e. The van der Waals surface area contributed by atoms with Crippen LogP contribution in [-0.4, -0.2) is 77.3 Å². The third kappa shape index (κ3) is 5.19. The average Bonchev–Trinajstić information content (AvgIpc) is 2.86. The molecule has 2 atom stereocenters. The highest BCUT2D eigenvalue weighted by Crippen LogP contribution is 2.59. The van der Waals surface area contributed by atoms with Crippen molar-refractivity contribution in [2.24, 2.45) is 23.2 Å². The predicted octanol–water partition coefficient (Wildman–Crippen LogP) is 4.14. The molecule has 1 aliphatic heterocycles. The van der Waals surface area contributed by atoms with Crippen molar-refractivity contribution >= 4 is 17.5 Å². The molecule has 4 aliphatic rings. The number of nitro benzene ring substituents is 1. The second-order valence-electron chi connectivity index (χ2n) is 11.6. The van der Waals surface area contributed by atoms with Gasteiger partial charge < -0.3 is 9.80 Å². The van der Waals surface area contributed by atoms with E-state index in [1.807, 2.05) is 18.7 Å². The number of nitro groups is 1. The molecule has 1 heterocycles. The van der Waals surface area contributed by atoms with Gasteiger partial charge in [0, 0.05) is 68.9 Å². The highest BCUT2D eigenvalue weighted by Gasteiger charge is 2.51. The number of hydrogen-bond acceptors (Lipinski definition) is 5. The highest BCUT2D eigenvalue weighted by atomic mass is 16.6. The highest BCUT2D eigenvalue weighted by molar-refractivity contribution is 5.95. The number of aryl methyl sites for hydroxylation is 1. The Morgan fingerprint density at radius 3 is 2.47 bits per heavy atom. The Morgan fingerprint density at radius 2 is 1.89 bits per heavy atom. The molecular formula is C28H40N4O4. The molecule has 8 nitrogen and oxygen atoms in total. The fraction of sp³-hybridized carbons (Fsp3) is 0.643. The topological polar surface area (TPSA) is 87.0 Å². The van der Waals surface area contributed by atoms with Gasteiger partial charge in [0.2, 0.25) is 5.91 Å². The van der Waals surface area contributed by atoms with E-state index in [-0.39, 0.29) is 23.4 Å². The zero-order valence-electron chi connectivity index (χ0n) is 22.3. The van der Waals surface area contributed by atoms with Gasteiger partial charge in [-0.05, 0) is 43.1 Å². The SMILES string of the molecule is Cc1ccc(C(=O)N2CCN(CCN(CC3=CCC4CC3C4(C)C)C(=O)C(C)C)CC2)cc1[N+](=O)[O-]. The molecule has 1 saturated carbocycles. The van der Waals surface area contributed by atoms with Crippen molar-refractivity contribution in [3.05, 3.63) is 51.1 Å². The Bertz CT molecular complexity index is 1060. The molecule has 8 heteroatoms. The summed E-state index contributed by atoms with van der Waals surface area (Å²) in [5, 5.41) is 11.3. The lowest BCUT2D eigenvalue weighted by Gasteiger charge is -2.57. The van der Waals surface area contributed by atoms with Crippen molar-refractivity contribution in [2.75, 3.05) is 45.8 Å². The zero-order valence-corrected chi connectivity index (χ0v) is 22.3. The Balaban J connectivity index is 1.32. The van der Waals surface area contributed by atoms with E-state index < -0.39 is 4.92 Å². The number of fused-ring (bicyclic) bond motifs is 1. The molecule has 1 aromatic rings. The van der Waals surface area contributed by atoms with Crippen LogP contribution >= 0.6 is 0 Å². The third-order valence-electron chi connectivity index (χ3n) is 8.76. The van der Waals surface area contributed by atoms with E-state index in [0.29, 0.717) is 42.1 Å². The van der Waals surface area contributed by atoms with Crippen LogP contribution in [0, 0.1) is 40.2 Å². The number of rotatable bonds is 8. The van der Waals surface area contributed by atoms with Crippen LogP contribution in [0.15, 0.2) is 29.8 Å². The van der Waals surface area contributed by atoms with E-state index in [4.69, 9.17) is 0 Å². The number of hydrogen-bond donors (Lipinski definition) is 0. The van der Waals surface area contributed by atoms with E-state index in [0.717, 1.165) is 38.5 Å². The first kappa shape index (κ1) is 26.3. The van der Waals surface area contributed by atoms with Crippen molar-refractivity contribution in [2.45, 2.75) is 47.5 Å². The molecule has 2 unspecified atom stereocenters. The van der Waals surface area contributed by atoms with Gasteiger partial charge in [-0.15, -0.1) is 0 Å². The smallest absolute Gasteiger partial charge is 0.273 e. The lowest BCUT2D eigenvalue weighted by atomic mass is 9.49. The minimum Gasteiger partial charge on any atom is -0.337 e. The Hall–Kier alpha value is -2.74. The molecule has 0 radical (unpaired) electrons. The summed E-state index contributed by atoms with van der Waals surface area (Å²) >= 11 is 0. The number of carbonyl (C=O) groups is 2. The molecule has 5 rings (SSSR count). The first-order chi connectivity index (χ1) is 17.0. The number of carbonyl (C=O) groups excluding carboxylic acids is 2. The minimum atomic E-state index is -0.443. The summed E-state index contributed by atoms with van der Waals surface area (Å²) in [6.45, 7) is 15.1. The van der Waals surface area contributed by atoms with Crippen molar-refractivity contribution in [1.82, 2.24) is 14.7 Å². The second kappa shape index (κ2) is 10.3. The summed E-state index contributed by atoms with van der Waals surface area (Å²) in [6, 6.07) is 4.68. The molecular weight excluding hydrogens is 456 g/mol. The van der Waals surface area contributed by atoms with E-state index >= 15 is 0 Å². The van der Waals surface area contributed by atoms with Crippen LogP contribution in [0.25, 0.3) is 0 Å². The first-order valence-electron chi connectivity index (χ1n) is 13.2. The monoisotopic (exact) mass is 496 g/mol. The lowest BCUT2D eigenvalue weighted by Crippen LogP contribution is -2.52. The number of nitrogens with zero attached hydrogens (tertiary/aromatic N) is 4. The molecule has 3 aliphatic carbocycles. The third-order valence-corrected chi connectivity index (χ3v) is 8.76. The summed E-state index contributed by atoms with van der Waals surface area (Å²) in [5.74, 6) is 1.37. The largest absolute Gasteiger partial charge is 0.337 e. The van der Waals surface area contributed by atoms with Gasteiger partial charge in [0.25, 0.3) is 11.6 Å². The van der Waals surface area contributed by atoms with E-state index in [2.05, 4.69) is 24.8 Å². The Morgan fingerprint density at radius 1 is 1.19 bits per heavy atom. The van der Waals surface area contributed by atoms with Gasteiger partial charge in [-0.2, -0.15) is 0 Å². The molecule has 0 N–H and O–H groups in total. The second-order valence-corrected chi connectivity index (χ2v) is 11.6. The fourth-order valence-electron chi connectivity index (χ4n) is 6.07. The van der Waals surface area contributed by atoms with Gasteiger partial charge in [-0.1, -0.05) is 45.4 Å². The minimum absolute atomic E-state index is 0.0247. The van der Waals surface area contributed by atoms with Crippen LogP contribution in [0.3, 0.4) is 0 Å². The number of benzene rings is 1. The molecule has 2 fully saturated rings. The van der Waals surface area contributed by atoms with Crippen LogP contribution in [-0.2, 0) is 4.79 Å². The predicted molar refractivity (Wildman–Crippen MR) is 140 cm³/mol. The molecule has 0 spiro atoms. The summed E-state index contributed by atoms with van der Waals surface area (Å²) in [5.41, 5.74) is 2.66. The van der Waals surface area contributed by atoms with Crippen molar-refractivity contribution in [1.29, 1.82) is 0 Å². The van der Waals surface area contributed by atoms with E-state index in [9.17, 15) is 19.7 Å². The average molecular weight is 497 g/mol. The van der Waals surface area contributed by atoms with Crippen LogP contribution in [0.5, 0.6) is 0 Å². The molecule has 36 heavy (non-hydrogen) atoms. The number of piperazine rings is 1. The van der Waals surface area contributed by atoms with Crippen molar-refractivity contribution < 1.29 is 14.5 Å². The number of amides is 2. The fourth-order valence-corrected chi connectivity index (χ4v) is 6.07. The van der Waals surface area contributed by atoms with Crippen molar-refractivity contribution in [3.8, 4) is 0 Å². The van der Waals surface area contributed by atoms with Gasteiger partial charge in [-0.3, -0.25) is 24.6 Å². The van der Waals surface area contributed by atoms with Crippen molar-refractivity contribution in [3.63, 3.8) is 0 Å². The molecule has 196 valence electrons. The van der Waals surface area contributed by atoms with Gasteiger partial charge in [0.05, 0.1) is 4.92 Å². The summed E-state index contributed by atoms with van der Waals surface area (Å²) in [7, 11) is 0. The normalized spacial score (nSPS) is 23.2. The van der Waals surface area contributed by atoms with E-state index in [1.165, 1.54) is 18.1 Å².